The number of hydrogen-bond donors (Lipinski definition) is 0. The molecule has 0 bridgehead atoms. The number of benzene rings is 2. The fourth-order valence-electron chi connectivity index (χ4n) is 3.06. The zero-order valence-electron chi connectivity index (χ0n) is 15.6. The Morgan fingerprint density at radius 1 is 1.00 bits per heavy atom. The molecule has 2 aromatic carbocycles. The van der Waals surface area contributed by atoms with Gasteiger partial charge in [-0.3, -0.25) is 0 Å². The summed E-state index contributed by atoms with van der Waals surface area (Å²) in [5, 5.41) is 2.44. The van der Waals surface area contributed by atoms with Gasteiger partial charge in [-0.05, 0) is 0 Å². The molecule has 3 aromatic rings. The Bertz CT molecular complexity index is 883. The van der Waals surface area contributed by atoms with Crippen molar-refractivity contribution in [2.75, 3.05) is 0 Å². The summed E-state index contributed by atoms with van der Waals surface area (Å²) in [6.45, 7) is 3.96. The molecule has 0 spiro atoms. The van der Waals surface area contributed by atoms with E-state index < -0.39 is 19.2 Å². The van der Waals surface area contributed by atoms with Crippen molar-refractivity contribution >= 4 is 28.4 Å². The Morgan fingerprint density at radius 3 is 2.39 bits per heavy atom. The van der Waals surface area contributed by atoms with Crippen molar-refractivity contribution in [3.8, 4) is 11.3 Å². The average molecular weight is 365 g/mol. The van der Waals surface area contributed by atoms with Gasteiger partial charge in [0.15, 0.2) is 0 Å². The molecule has 0 N–H and O–H groups in total. The first kappa shape index (κ1) is 15.0. The van der Waals surface area contributed by atoms with Crippen LogP contribution in [0.25, 0.3) is 22.0 Å². The topological polar surface area (TPSA) is 12.9 Å². The van der Waals surface area contributed by atoms with Crippen molar-refractivity contribution in [3.05, 3.63) is 60.3 Å². The van der Waals surface area contributed by atoms with E-state index in [0.717, 1.165) is 16.8 Å². The van der Waals surface area contributed by atoms with Gasteiger partial charge in [-0.15, -0.1) is 0 Å². The molecular formula is C21H25GeN. The number of aromatic nitrogens is 1. The van der Waals surface area contributed by atoms with Gasteiger partial charge >= 0.3 is 143 Å². The third-order valence-electron chi connectivity index (χ3n) is 4.32. The molecule has 0 amide bonds. The third kappa shape index (κ3) is 3.21. The summed E-state index contributed by atoms with van der Waals surface area (Å²) >= 11 is -2.08. The third-order valence-corrected chi connectivity index (χ3v) is 8.54. The van der Waals surface area contributed by atoms with E-state index in [0.29, 0.717) is 0 Å². The van der Waals surface area contributed by atoms with Crippen molar-refractivity contribution in [3.63, 3.8) is 0 Å². The van der Waals surface area contributed by atoms with Crippen LogP contribution in [0.2, 0.25) is 17.3 Å². The van der Waals surface area contributed by atoms with E-state index in [1.165, 1.54) is 15.2 Å². The zero-order chi connectivity index (χ0) is 17.5. The molecule has 2 heteroatoms. The van der Waals surface area contributed by atoms with E-state index in [-0.39, 0.29) is 0 Å². The average Bonchev–Trinajstić information content (AvgIpc) is 2.52. The van der Waals surface area contributed by atoms with Crippen LogP contribution in [0.1, 0.15) is 26.7 Å². The van der Waals surface area contributed by atoms with Crippen molar-refractivity contribution in [1.29, 1.82) is 0 Å². The second kappa shape index (κ2) is 6.12. The monoisotopic (exact) mass is 366 g/mol. The normalized spacial score (nSPS) is 13.2. The van der Waals surface area contributed by atoms with Crippen LogP contribution in [0, 0.1) is 0 Å². The fourth-order valence-corrected chi connectivity index (χ4v) is 6.38. The molecule has 0 atom stereocenters. The van der Waals surface area contributed by atoms with Crippen LogP contribution in [0.15, 0.2) is 54.7 Å². The van der Waals surface area contributed by atoms with Crippen LogP contribution in [0.4, 0.5) is 0 Å². The Labute approximate surface area is 143 Å². The molecule has 0 saturated carbocycles. The van der Waals surface area contributed by atoms with E-state index in [1.54, 1.807) is 0 Å². The van der Waals surface area contributed by atoms with Crippen molar-refractivity contribution in [2.24, 2.45) is 0 Å². The summed E-state index contributed by atoms with van der Waals surface area (Å²) in [6, 6.07) is 16.9. The van der Waals surface area contributed by atoms with Crippen LogP contribution in [-0.4, -0.2) is 18.3 Å². The molecule has 118 valence electrons. The minimum absolute atomic E-state index is 0.615. The van der Waals surface area contributed by atoms with Crippen LogP contribution < -0.4 is 4.40 Å². The molecule has 23 heavy (non-hydrogen) atoms. The van der Waals surface area contributed by atoms with Gasteiger partial charge in [-0.1, -0.05) is 0 Å². The van der Waals surface area contributed by atoms with Gasteiger partial charge in [-0.2, -0.15) is 0 Å². The predicted molar refractivity (Wildman–Crippen MR) is 104 cm³/mol. The first-order valence-electron chi connectivity index (χ1n) is 8.67. The SMILES string of the molecule is [2H]C(C)(C)c1cc(-c2cccc3ccccc23)nc[c]1[Ge]([CH3])([CH3])[CH3]. The molecule has 0 radical (unpaired) electrons. The number of hydrogen-bond acceptors (Lipinski definition) is 1. The summed E-state index contributed by atoms with van der Waals surface area (Å²) in [4.78, 5) is 4.80. The Kier molecular flexibility index (Phi) is 3.98. The molecule has 0 aliphatic carbocycles. The van der Waals surface area contributed by atoms with Crippen LogP contribution in [0.5, 0.6) is 0 Å². The quantitative estimate of drug-likeness (QED) is 0.553. The molecule has 1 aromatic heterocycles. The van der Waals surface area contributed by atoms with Crippen LogP contribution >= 0.6 is 0 Å². The molecule has 0 aliphatic heterocycles. The maximum atomic E-state index is 8.62. The first-order chi connectivity index (χ1) is 11.2. The van der Waals surface area contributed by atoms with Gasteiger partial charge in [0.1, 0.15) is 0 Å². The Morgan fingerprint density at radius 2 is 1.70 bits per heavy atom. The van der Waals surface area contributed by atoms with E-state index in [9.17, 15) is 0 Å². The number of fused-ring (bicyclic) bond motifs is 1. The van der Waals surface area contributed by atoms with Gasteiger partial charge in [0, 0.05) is 0 Å². The standard InChI is InChI=1S/C21H25GeN/c1-15(2)19-13-21(23-14-20(19)22(3,4)5)18-12-8-10-16-9-6-7-11-17(16)18/h6-15H,1-5H3/i15D. The molecular weight excluding hydrogens is 339 g/mol. The van der Waals surface area contributed by atoms with Crippen molar-refractivity contribution < 1.29 is 1.37 Å². The van der Waals surface area contributed by atoms with Gasteiger partial charge in [-0.25, -0.2) is 0 Å². The van der Waals surface area contributed by atoms with Gasteiger partial charge in [0.05, 0.1) is 0 Å². The summed E-state index contributed by atoms with van der Waals surface area (Å²) in [5.74, 6) is 6.48. The molecule has 3 rings (SSSR count). The van der Waals surface area contributed by atoms with E-state index in [4.69, 9.17) is 6.35 Å². The summed E-state index contributed by atoms with van der Waals surface area (Å²) < 4.78 is 9.95. The molecule has 0 aliphatic rings. The van der Waals surface area contributed by atoms with Gasteiger partial charge < -0.3 is 0 Å². The molecule has 1 nitrogen and oxygen atoms in total. The number of rotatable bonds is 3. The maximum absolute atomic E-state index is 8.62. The second-order valence-electron chi connectivity index (χ2n) is 7.39. The number of nitrogens with zero attached hydrogens (tertiary/aromatic N) is 1. The molecule has 0 unspecified atom stereocenters. The van der Waals surface area contributed by atoms with Crippen LogP contribution in [-0.2, 0) is 0 Å². The second-order valence-corrected chi connectivity index (χ2v) is 18.0. The summed E-state index contributed by atoms with van der Waals surface area (Å²) in [6.07, 6.45) is 2.04. The molecule has 1 heterocycles. The first-order valence-corrected chi connectivity index (χ1v) is 15.5. The van der Waals surface area contributed by atoms with Gasteiger partial charge in [0.2, 0.25) is 0 Å². The zero-order valence-corrected chi connectivity index (χ0v) is 16.7. The number of pyridine rings is 1. The predicted octanol–water partition coefficient (Wildman–Crippen LogP) is 5.57. The van der Waals surface area contributed by atoms with E-state index in [1.807, 2.05) is 20.0 Å². The molecule has 0 fully saturated rings. The Balaban J connectivity index is 2.26. The summed E-state index contributed by atoms with van der Waals surface area (Å²) in [7, 11) is 0. The fraction of sp³-hybridized carbons (Fsp3) is 0.286. The van der Waals surface area contributed by atoms with Crippen LogP contribution in [0.3, 0.4) is 0 Å². The van der Waals surface area contributed by atoms with E-state index >= 15 is 0 Å². The van der Waals surface area contributed by atoms with Crippen molar-refractivity contribution in [2.45, 2.75) is 37.0 Å². The van der Waals surface area contributed by atoms with Gasteiger partial charge in [0.25, 0.3) is 0 Å². The molecule has 0 saturated heterocycles. The minimum atomic E-state index is -2.08. The Hall–Kier alpha value is -1.61. The summed E-state index contributed by atoms with van der Waals surface area (Å²) in [5.41, 5.74) is 3.25. The van der Waals surface area contributed by atoms with E-state index in [2.05, 4.69) is 65.8 Å². The van der Waals surface area contributed by atoms with Crippen molar-refractivity contribution in [1.82, 2.24) is 4.98 Å².